The van der Waals surface area contributed by atoms with Crippen LogP contribution in [-0.2, 0) is 0 Å². The molecule has 0 bridgehead atoms. The molecule has 0 spiro atoms. The normalized spacial score (nSPS) is 10.4. The topological polar surface area (TPSA) is 86.1 Å². The number of nitrogens with zero attached hydrogens (tertiary/aromatic N) is 1. The Morgan fingerprint density at radius 1 is 1.23 bits per heavy atom. The molecular formula is C17H12N2O3. The van der Waals surface area contributed by atoms with Gasteiger partial charge in [-0.2, -0.15) is 5.26 Å². The number of ether oxygens (including phenoxy) is 1. The van der Waals surface area contributed by atoms with Gasteiger partial charge in [-0.25, -0.2) is 4.79 Å². The van der Waals surface area contributed by atoms with Crippen LogP contribution in [0.3, 0.4) is 0 Å². The molecule has 108 valence electrons. The first kappa shape index (κ1) is 13.7. The summed E-state index contributed by atoms with van der Waals surface area (Å²) in [6, 6.07) is 14.2. The molecular weight excluding hydrogens is 280 g/mol. The summed E-state index contributed by atoms with van der Waals surface area (Å²) in [5.74, 6) is -0.449. The minimum absolute atomic E-state index is 0.246. The molecule has 0 fully saturated rings. The molecule has 3 rings (SSSR count). The number of hydrogen-bond acceptors (Lipinski definition) is 3. The fourth-order valence-electron chi connectivity index (χ4n) is 2.37. The van der Waals surface area contributed by atoms with E-state index in [1.807, 2.05) is 12.1 Å². The maximum Gasteiger partial charge on any atom is 0.335 e. The van der Waals surface area contributed by atoms with E-state index in [9.17, 15) is 4.79 Å². The SMILES string of the molecule is COc1cc(-c2cc3cc(C(=O)O)ccc3[nH]2)ccc1C#N. The number of H-pyrrole nitrogens is 1. The molecule has 0 amide bonds. The summed E-state index contributed by atoms with van der Waals surface area (Å²) in [5.41, 5.74) is 3.26. The summed E-state index contributed by atoms with van der Waals surface area (Å²) in [5, 5.41) is 18.9. The van der Waals surface area contributed by atoms with E-state index < -0.39 is 5.97 Å². The van der Waals surface area contributed by atoms with Crippen molar-refractivity contribution in [3.05, 3.63) is 53.6 Å². The Morgan fingerprint density at radius 2 is 2.05 bits per heavy atom. The summed E-state index contributed by atoms with van der Waals surface area (Å²) in [4.78, 5) is 14.3. The Kier molecular flexibility index (Phi) is 3.28. The van der Waals surface area contributed by atoms with E-state index in [1.54, 1.807) is 30.3 Å². The van der Waals surface area contributed by atoms with Crippen molar-refractivity contribution in [3.63, 3.8) is 0 Å². The highest BCUT2D eigenvalue weighted by Crippen LogP contribution is 2.29. The highest BCUT2D eigenvalue weighted by Gasteiger charge is 2.10. The van der Waals surface area contributed by atoms with Gasteiger partial charge >= 0.3 is 5.97 Å². The van der Waals surface area contributed by atoms with E-state index in [1.165, 1.54) is 7.11 Å². The zero-order valence-corrected chi connectivity index (χ0v) is 11.8. The van der Waals surface area contributed by atoms with E-state index in [-0.39, 0.29) is 5.56 Å². The third kappa shape index (κ3) is 2.27. The van der Waals surface area contributed by atoms with Crippen molar-refractivity contribution in [2.45, 2.75) is 0 Å². The number of methoxy groups -OCH3 is 1. The molecule has 3 aromatic rings. The maximum absolute atomic E-state index is 11.0. The van der Waals surface area contributed by atoms with E-state index in [4.69, 9.17) is 15.1 Å². The van der Waals surface area contributed by atoms with Crippen LogP contribution in [0.4, 0.5) is 0 Å². The summed E-state index contributed by atoms with van der Waals surface area (Å²) in [6.45, 7) is 0. The monoisotopic (exact) mass is 292 g/mol. The van der Waals surface area contributed by atoms with Crippen molar-refractivity contribution >= 4 is 16.9 Å². The molecule has 0 aliphatic heterocycles. The molecule has 2 aromatic carbocycles. The number of carboxylic acid groups (broad SMARTS) is 1. The number of carbonyl (C=O) groups is 1. The number of nitrogens with one attached hydrogen (secondary N) is 1. The highest BCUT2D eigenvalue weighted by atomic mass is 16.5. The van der Waals surface area contributed by atoms with Gasteiger partial charge in [-0.1, -0.05) is 6.07 Å². The van der Waals surface area contributed by atoms with E-state index in [0.717, 1.165) is 22.2 Å². The molecule has 0 aliphatic carbocycles. The van der Waals surface area contributed by atoms with E-state index >= 15 is 0 Å². The van der Waals surface area contributed by atoms with Crippen LogP contribution in [0.2, 0.25) is 0 Å². The van der Waals surface area contributed by atoms with E-state index in [0.29, 0.717) is 11.3 Å². The first-order valence-electron chi connectivity index (χ1n) is 6.57. The Labute approximate surface area is 126 Å². The summed E-state index contributed by atoms with van der Waals surface area (Å²) < 4.78 is 5.21. The Morgan fingerprint density at radius 3 is 2.73 bits per heavy atom. The third-order valence-corrected chi connectivity index (χ3v) is 3.50. The number of rotatable bonds is 3. The van der Waals surface area contributed by atoms with Crippen LogP contribution in [0, 0.1) is 11.3 Å². The molecule has 0 saturated carbocycles. The van der Waals surface area contributed by atoms with Crippen molar-refractivity contribution in [3.8, 4) is 23.1 Å². The molecule has 0 atom stereocenters. The van der Waals surface area contributed by atoms with Gasteiger partial charge in [-0.3, -0.25) is 0 Å². The van der Waals surface area contributed by atoms with Gasteiger partial charge in [0.25, 0.3) is 0 Å². The number of aromatic nitrogens is 1. The second-order valence-electron chi connectivity index (χ2n) is 4.82. The maximum atomic E-state index is 11.0. The zero-order chi connectivity index (χ0) is 15.7. The van der Waals surface area contributed by atoms with Crippen LogP contribution >= 0.6 is 0 Å². The van der Waals surface area contributed by atoms with Crippen LogP contribution in [0.25, 0.3) is 22.2 Å². The van der Waals surface area contributed by atoms with Crippen LogP contribution in [0.1, 0.15) is 15.9 Å². The molecule has 0 unspecified atom stereocenters. The lowest BCUT2D eigenvalue weighted by atomic mass is 10.1. The minimum Gasteiger partial charge on any atom is -0.495 e. The average Bonchev–Trinajstić information content (AvgIpc) is 2.97. The summed E-state index contributed by atoms with van der Waals surface area (Å²) >= 11 is 0. The quantitative estimate of drug-likeness (QED) is 0.774. The van der Waals surface area contributed by atoms with Crippen molar-refractivity contribution in [2.24, 2.45) is 0 Å². The van der Waals surface area contributed by atoms with Gasteiger partial charge in [0.2, 0.25) is 0 Å². The lowest BCUT2D eigenvalue weighted by molar-refractivity contribution is 0.0697. The number of benzene rings is 2. The number of aromatic amines is 1. The van der Waals surface area contributed by atoms with Gasteiger partial charge in [0, 0.05) is 22.2 Å². The van der Waals surface area contributed by atoms with Gasteiger partial charge in [0.1, 0.15) is 11.8 Å². The molecule has 0 saturated heterocycles. The average molecular weight is 292 g/mol. The first-order chi connectivity index (χ1) is 10.6. The molecule has 22 heavy (non-hydrogen) atoms. The zero-order valence-electron chi connectivity index (χ0n) is 11.8. The standard InChI is InChI=1S/C17H12N2O3/c1-22-16-8-10(2-3-12(16)9-18)15-7-13-6-11(17(20)21)4-5-14(13)19-15/h2-8,19H,1H3,(H,20,21). The number of aromatic carboxylic acids is 1. The molecule has 0 aliphatic rings. The molecule has 2 N–H and O–H groups in total. The van der Waals surface area contributed by atoms with Crippen LogP contribution in [0.15, 0.2) is 42.5 Å². The van der Waals surface area contributed by atoms with Crippen molar-refractivity contribution in [1.82, 2.24) is 4.98 Å². The lowest BCUT2D eigenvalue weighted by Crippen LogP contribution is -1.94. The smallest absolute Gasteiger partial charge is 0.335 e. The van der Waals surface area contributed by atoms with Crippen molar-refractivity contribution < 1.29 is 14.6 Å². The van der Waals surface area contributed by atoms with Crippen molar-refractivity contribution in [1.29, 1.82) is 5.26 Å². The third-order valence-electron chi connectivity index (χ3n) is 3.50. The minimum atomic E-state index is -0.954. The second-order valence-corrected chi connectivity index (χ2v) is 4.82. The fraction of sp³-hybridized carbons (Fsp3) is 0.0588. The Hall–Kier alpha value is -3.26. The van der Waals surface area contributed by atoms with Gasteiger partial charge in [0.05, 0.1) is 18.2 Å². The Balaban J connectivity index is 2.10. The summed E-state index contributed by atoms with van der Waals surface area (Å²) in [6.07, 6.45) is 0. The van der Waals surface area contributed by atoms with Crippen LogP contribution < -0.4 is 4.74 Å². The first-order valence-corrected chi connectivity index (χ1v) is 6.57. The molecule has 0 radical (unpaired) electrons. The second kappa shape index (κ2) is 5.26. The number of fused-ring (bicyclic) bond motifs is 1. The fourth-order valence-corrected chi connectivity index (χ4v) is 2.37. The largest absolute Gasteiger partial charge is 0.495 e. The van der Waals surface area contributed by atoms with Crippen LogP contribution in [-0.4, -0.2) is 23.2 Å². The number of carboxylic acids is 1. The van der Waals surface area contributed by atoms with Crippen LogP contribution in [0.5, 0.6) is 5.75 Å². The molecule has 1 aromatic heterocycles. The van der Waals surface area contributed by atoms with Gasteiger partial charge in [-0.15, -0.1) is 0 Å². The summed E-state index contributed by atoms with van der Waals surface area (Å²) in [7, 11) is 1.52. The predicted octanol–water partition coefficient (Wildman–Crippen LogP) is 3.41. The highest BCUT2D eigenvalue weighted by molar-refractivity contribution is 5.95. The Bertz CT molecular complexity index is 919. The molecule has 1 heterocycles. The molecule has 5 nitrogen and oxygen atoms in total. The lowest BCUT2D eigenvalue weighted by Gasteiger charge is -2.04. The van der Waals surface area contributed by atoms with Crippen molar-refractivity contribution in [2.75, 3.05) is 7.11 Å². The number of nitriles is 1. The number of hydrogen-bond donors (Lipinski definition) is 2. The van der Waals surface area contributed by atoms with Gasteiger partial charge in [0.15, 0.2) is 0 Å². The van der Waals surface area contributed by atoms with Gasteiger partial charge in [-0.05, 0) is 36.4 Å². The predicted molar refractivity (Wildman–Crippen MR) is 82.0 cm³/mol. The van der Waals surface area contributed by atoms with E-state index in [2.05, 4.69) is 11.1 Å². The molecule has 5 heteroatoms. The van der Waals surface area contributed by atoms with Gasteiger partial charge < -0.3 is 14.8 Å².